The molecule has 1 saturated heterocycles. The van der Waals surface area contributed by atoms with Crippen LogP contribution in [0.3, 0.4) is 0 Å². The number of nitrogens with zero attached hydrogens (tertiary/aromatic N) is 3. The van der Waals surface area contributed by atoms with Crippen molar-refractivity contribution in [3.05, 3.63) is 23.9 Å². The summed E-state index contributed by atoms with van der Waals surface area (Å²) in [6, 6.07) is 5.85. The molecule has 1 aromatic rings. The van der Waals surface area contributed by atoms with Crippen LogP contribution in [0.15, 0.2) is 18.3 Å². The van der Waals surface area contributed by atoms with Crippen molar-refractivity contribution in [2.75, 3.05) is 18.0 Å². The van der Waals surface area contributed by atoms with E-state index < -0.39 is 0 Å². The fourth-order valence-corrected chi connectivity index (χ4v) is 1.96. The van der Waals surface area contributed by atoms with Crippen molar-refractivity contribution in [3.8, 4) is 6.07 Å². The molecule has 2 heterocycles. The number of aromatic nitrogens is 1. The van der Waals surface area contributed by atoms with Crippen LogP contribution in [0.4, 0.5) is 5.82 Å². The van der Waals surface area contributed by atoms with Crippen molar-refractivity contribution < 1.29 is 0 Å². The number of rotatable bonds is 1. The highest BCUT2D eigenvalue weighted by Crippen LogP contribution is 2.23. The summed E-state index contributed by atoms with van der Waals surface area (Å²) in [6.07, 6.45) is 4.15. The van der Waals surface area contributed by atoms with Crippen molar-refractivity contribution in [1.82, 2.24) is 4.98 Å². The molecule has 0 bridgehead atoms. The maximum absolute atomic E-state index is 8.98. The van der Waals surface area contributed by atoms with Crippen molar-refractivity contribution in [3.63, 3.8) is 0 Å². The van der Waals surface area contributed by atoms with Gasteiger partial charge in [0, 0.05) is 19.3 Å². The van der Waals surface area contributed by atoms with E-state index in [0.29, 0.717) is 5.56 Å². The van der Waals surface area contributed by atoms with E-state index in [1.807, 2.05) is 12.1 Å². The second-order valence-electron chi connectivity index (χ2n) is 4.16. The first kappa shape index (κ1) is 9.97. The van der Waals surface area contributed by atoms with E-state index in [4.69, 9.17) is 5.26 Å². The highest BCUT2D eigenvalue weighted by molar-refractivity contribution is 5.53. The maximum Gasteiger partial charge on any atom is 0.146 e. The van der Waals surface area contributed by atoms with Crippen LogP contribution in [0, 0.1) is 17.2 Å². The molecule has 15 heavy (non-hydrogen) atoms. The van der Waals surface area contributed by atoms with Crippen molar-refractivity contribution >= 4 is 5.82 Å². The number of pyridine rings is 1. The molecule has 1 aliphatic heterocycles. The summed E-state index contributed by atoms with van der Waals surface area (Å²) in [7, 11) is 0. The number of piperidine rings is 1. The molecule has 3 heteroatoms. The zero-order chi connectivity index (χ0) is 10.7. The van der Waals surface area contributed by atoms with E-state index in [1.165, 1.54) is 12.8 Å². The van der Waals surface area contributed by atoms with E-state index in [-0.39, 0.29) is 0 Å². The van der Waals surface area contributed by atoms with Crippen LogP contribution in [0.25, 0.3) is 0 Å². The summed E-state index contributed by atoms with van der Waals surface area (Å²) in [5, 5.41) is 8.98. The molecule has 3 nitrogen and oxygen atoms in total. The number of hydrogen-bond acceptors (Lipinski definition) is 3. The molecule has 0 N–H and O–H groups in total. The van der Waals surface area contributed by atoms with Gasteiger partial charge >= 0.3 is 0 Å². The van der Waals surface area contributed by atoms with Gasteiger partial charge in [0.2, 0.25) is 0 Å². The minimum Gasteiger partial charge on any atom is -0.356 e. The molecule has 0 saturated carbocycles. The Hall–Kier alpha value is -1.56. The summed E-state index contributed by atoms with van der Waals surface area (Å²) in [5.41, 5.74) is 0.687. The van der Waals surface area contributed by atoms with Gasteiger partial charge in [-0.05, 0) is 30.9 Å². The summed E-state index contributed by atoms with van der Waals surface area (Å²) in [5.74, 6) is 1.65. The van der Waals surface area contributed by atoms with Gasteiger partial charge in [-0.1, -0.05) is 6.92 Å². The third-order valence-corrected chi connectivity index (χ3v) is 2.99. The highest BCUT2D eigenvalue weighted by atomic mass is 15.2. The summed E-state index contributed by atoms with van der Waals surface area (Å²) >= 11 is 0. The lowest BCUT2D eigenvalue weighted by Crippen LogP contribution is -2.33. The van der Waals surface area contributed by atoms with Crippen LogP contribution in [0.5, 0.6) is 0 Å². The average molecular weight is 201 g/mol. The molecule has 0 spiro atoms. The molecule has 0 atom stereocenters. The van der Waals surface area contributed by atoms with Gasteiger partial charge in [0.05, 0.1) is 5.56 Å². The zero-order valence-corrected chi connectivity index (χ0v) is 8.98. The van der Waals surface area contributed by atoms with Gasteiger partial charge in [0.15, 0.2) is 0 Å². The van der Waals surface area contributed by atoms with Crippen LogP contribution in [0.2, 0.25) is 0 Å². The smallest absolute Gasteiger partial charge is 0.146 e. The lowest BCUT2D eigenvalue weighted by atomic mass is 9.99. The Labute approximate surface area is 90.4 Å². The molecule has 0 unspecified atom stereocenters. The fourth-order valence-electron chi connectivity index (χ4n) is 1.96. The molecular weight excluding hydrogens is 186 g/mol. The Morgan fingerprint density at radius 2 is 2.20 bits per heavy atom. The van der Waals surface area contributed by atoms with Crippen LogP contribution in [0.1, 0.15) is 25.3 Å². The summed E-state index contributed by atoms with van der Waals surface area (Å²) in [6.45, 7) is 4.32. The van der Waals surface area contributed by atoms with Gasteiger partial charge in [-0.25, -0.2) is 4.98 Å². The summed E-state index contributed by atoms with van der Waals surface area (Å²) in [4.78, 5) is 6.52. The lowest BCUT2D eigenvalue weighted by molar-refractivity contribution is 0.436. The molecule has 1 aliphatic rings. The molecule has 2 rings (SSSR count). The van der Waals surface area contributed by atoms with Gasteiger partial charge in [0.1, 0.15) is 11.9 Å². The molecule has 1 aromatic heterocycles. The predicted molar refractivity (Wildman–Crippen MR) is 59.6 cm³/mol. The van der Waals surface area contributed by atoms with Gasteiger partial charge in [-0.2, -0.15) is 5.26 Å². The second-order valence-corrected chi connectivity index (χ2v) is 4.16. The van der Waals surface area contributed by atoms with Crippen molar-refractivity contribution in [2.24, 2.45) is 5.92 Å². The Balaban J connectivity index is 2.19. The number of anilines is 1. The van der Waals surface area contributed by atoms with Crippen LogP contribution < -0.4 is 4.90 Å². The Morgan fingerprint density at radius 1 is 1.47 bits per heavy atom. The first-order valence-electron chi connectivity index (χ1n) is 5.41. The standard InChI is InChI=1S/C12H15N3/c1-10-4-7-15(8-5-10)12-11(9-13)3-2-6-14-12/h2-3,6,10H,4-5,7-8H2,1H3. The minimum atomic E-state index is 0.687. The van der Waals surface area contributed by atoms with Gasteiger partial charge < -0.3 is 4.90 Å². The van der Waals surface area contributed by atoms with Gasteiger partial charge in [0.25, 0.3) is 0 Å². The lowest BCUT2D eigenvalue weighted by Gasteiger charge is -2.31. The first-order valence-corrected chi connectivity index (χ1v) is 5.41. The molecule has 1 fully saturated rings. The van der Waals surface area contributed by atoms with Gasteiger partial charge in [-0.3, -0.25) is 0 Å². The monoisotopic (exact) mass is 201 g/mol. The topological polar surface area (TPSA) is 39.9 Å². The van der Waals surface area contributed by atoms with Crippen LogP contribution in [-0.2, 0) is 0 Å². The Kier molecular flexibility index (Phi) is 2.86. The highest BCUT2D eigenvalue weighted by Gasteiger charge is 2.18. The zero-order valence-electron chi connectivity index (χ0n) is 8.98. The molecule has 78 valence electrons. The quantitative estimate of drug-likeness (QED) is 0.699. The third kappa shape index (κ3) is 2.10. The van der Waals surface area contributed by atoms with Crippen LogP contribution >= 0.6 is 0 Å². The van der Waals surface area contributed by atoms with Crippen molar-refractivity contribution in [2.45, 2.75) is 19.8 Å². The normalized spacial score (nSPS) is 17.5. The third-order valence-electron chi connectivity index (χ3n) is 2.99. The first-order chi connectivity index (χ1) is 7.31. The molecule has 0 aliphatic carbocycles. The largest absolute Gasteiger partial charge is 0.356 e. The number of hydrogen-bond donors (Lipinski definition) is 0. The van der Waals surface area contributed by atoms with Gasteiger partial charge in [-0.15, -0.1) is 0 Å². The number of nitriles is 1. The molecule has 0 amide bonds. The van der Waals surface area contributed by atoms with E-state index in [2.05, 4.69) is 22.9 Å². The summed E-state index contributed by atoms with van der Waals surface area (Å²) < 4.78 is 0. The second kappa shape index (κ2) is 4.31. The maximum atomic E-state index is 8.98. The van der Waals surface area contributed by atoms with E-state index >= 15 is 0 Å². The minimum absolute atomic E-state index is 0.687. The van der Waals surface area contributed by atoms with E-state index in [9.17, 15) is 0 Å². The molecule has 0 radical (unpaired) electrons. The SMILES string of the molecule is CC1CCN(c2ncccc2C#N)CC1. The average Bonchev–Trinajstić information content (AvgIpc) is 2.30. The predicted octanol–water partition coefficient (Wildman–Crippen LogP) is 2.19. The Bertz CT molecular complexity index is 373. The Morgan fingerprint density at radius 3 is 2.87 bits per heavy atom. The molecule has 0 aromatic carbocycles. The van der Waals surface area contributed by atoms with Crippen molar-refractivity contribution in [1.29, 1.82) is 5.26 Å². The molecular formula is C12H15N3. The van der Waals surface area contributed by atoms with Crippen LogP contribution in [-0.4, -0.2) is 18.1 Å². The van der Waals surface area contributed by atoms with E-state index in [0.717, 1.165) is 24.8 Å². The fraction of sp³-hybridized carbons (Fsp3) is 0.500. The van der Waals surface area contributed by atoms with E-state index in [1.54, 1.807) is 6.20 Å².